The summed E-state index contributed by atoms with van der Waals surface area (Å²) in [5, 5.41) is 10.3. The van der Waals surface area contributed by atoms with Crippen LogP contribution in [-0.4, -0.2) is 15.6 Å². The highest BCUT2D eigenvalue weighted by atomic mass is 16.4. The molecule has 0 fully saturated rings. The summed E-state index contributed by atoms with van der Waals surface area (Å²) in [5.41, 5.74) is 4.43. The first kappa shape index (κ1) is 13.7. The molecule has 1 aromatic carbocycles. The minimum atomic E-state index is -0.760. The fraction of sp³-hybridized carbons (Fsp3) is 0.438. The highest BCUT2D eigenvalue weighted by molar-refractivity contribution is 5.86. The van der Waals surface area contributed by atoms with Crippen LogP contribution in [0.3, 0.4) is 0 Å². The molecule has 3 heteroatoms. The van der Waals surface area contributed by atoms with E-state index in [9.17, 15) is 4.79 Å². The van der Waals surface area contributed by atoms with Crippen molar-refractivity contribution in [3.05, 3.63) is 35.0 Å². The quantitative estimate of drug-likeness (QED) is 0.916. The van der Waals surface area contributed by atoms with Crippen LogP contribution >= 0.6 is 0 Å². The second-order valence-corrected chi connectivity index (χ2v) is 5.96. The Balaban J connectivity index is 2.59. The molecule has 0 aliphatic carbocycles. The molecule has 0 atom stereocenters. The lowest BCUT2D eigenvalue weighted by molar-refractivity contribution is -0.138. The summed E-state index contributed by atoms with van der Waals surface area (Å²) in [6.45, 7) is 8.19. The van der Waals surface area contributed by atoms with E-state index in [-0.39, 0.29) is 11.8 Å². The van der Waals surface area contributed by atoms with Gasteiger partial charge in [0.25, 0.3) is 0 Å². The number of fused-ring (bicyclic) bond motifs is 1. The number of hydrogen-bond acceptors (Lipinski definition) is 1. The lowest BCUT2D eigenvalue weighted by atomic mass is 9.81. The van der Waals surface area contributed by atoms with E-state index in [2.05, 4.69) is 43.7 Å². The van der Waals surface area contributed by atoms with Crippen LogP contribution in [0.4, 0.5) is 0 Å². The smallest absolute Gasteiger partial charge is 0.304 e. The summed E-state index contributed by atoms with van der Waals surface area (Å²) in [5.74, 6) is -0.760. The Kier molecular flexibility index (Phi) is 3.17. The van der Waals surface area contributed by atoms with E-state index in [1.165, 1.54) is 22.2 Å². The van der Waals surface area contributed by atoms with Crippen molar-refractivity contribution in [2.75, 3.05) is 0 Å². The molecule has 102 valence electrons. The van der Waals surface area contributed by atoms with Crippen LogP contribution < -0.4 is 0 Å². The molecule has 2 rings (SSSR count). The molecule has 0 aliphatic rings. The van der Waals surface area contributed by atoms with Gasteiger partial charge in [-0.1, -0.05) is 26.0 Å². The Morgan fingerprint density at radius 1 is 1.32 bits per heavy atom. The number of rotatable bonds is 3. The van der Waals surface area contributed by atoms with Crippen molar-refractivity contribution in [2.24, 2.45) is 7.05 Å². The zero-order chi connectivity index (χ0) is 14.4. The molecule has 0 saturated heterocycles. The van der Waals surface area contributed by atoms with Crippen LogP contribution in [0.2, 0.25) is 0 Å². The largest absolute Gasteiger partial charge is 0.481 e. The fourth-order valence-electron chi connectivity index (χ4n) is 2.65. The molecule has 0 amide bonds. The van der Waals surface area contributed by atoms with Crippen molar-refractivity contribution in [1.29, 1.82) is 0 Å². The van der Waals surface area contributed by atoms with Gasteiger partial charge < -0.3 is 9.67 Å². The fourth-order valence-corrected chi connectivity index (χ4v) is 2.65. The zero-order valence-electron chi connectivity index (χ0n) is 12.2. The van der Waals surface area contributed by atoms with Crippen LogP contribution in [0.25, 0.3) is 10.9 Å². The van der Waals surface area contributed by atoms with Gasteiger partial charge in [0.05, 0.1) is 6.42 Å². The molecule has 1 heterocycles. The Morgan fingerprint density at radius 3 is 2.53 bits per heavy atom. The Morgan fingerprint density at radius 2 is 1.95 bits per heavy atom. The van der Waals surface area contributed by atoms with Crippen LogP contribution in [0.1, 0.15) is 37.1 Å². The van der Waals surface area contributed by atoms with Crippen LogP contribution in [0.5, 0.6) is 0 Å². The Bertz CT molecular complexity index is 650. The lowest BCUT2D eigenvalue weighted by Crippen LogP contribution is -2.21. The molecule has 0 spiro atoms. The van der Waals surface area contributed by atoms with Gasteiger partial charge in [-0.05, 0) is 31.0 Å². The molecule has 0 radical (unpaired) electrons. The predicted molar refractivity (Wildman–Crippen MR) is 77.7 cm³/mol. The van der Waals surface area contributed by atoms with Gasteiger partial charge in [-0.3, -0.25) is 4.79 Å². The third-order valence-corrected chi connectivity index (χ3v) is 4.18. The first-order valence-electron chi connectivity index (χ1n) is 6.52. The lowest BCUT2D eigenvalue weighted by Gasteiger charge is -2.23. The number of benzene rings is 1. The maximum atomic E-state index is 11.0. The van der Waals surface area contributed by atoms with E-state index in [1.54, 1.807) is 0 Å². The average molecular weight is 259 g/mol. The molecule has 2 aromatic rings. The monoisotopic (exact) mass is 259 g/mol. The normalized spacial score (nSPS) is 12.1. The highest BCUT2D eigenvalue weighted by Crippen LogP contribution is 2.32. The van der Waals surface area contributed by atoms with E-state index < -0.39 is 5.97 Å². The first-order valence-corrected chi connectivity index (χ1v) is 6.52. The van der Waals surface area contributed by atoms with Crippen LogP contribution in [0.15, 0.2) is 18.2 Å². The minimum absolute atomic E-state index is 0.140. The number of carbonyl (C=O) groups is 1. The maximum absolute atomic E-state index is 11.0. The van der Waals surface area contributed by atoms with Gasteiger partial charge in [0.2, 0.25) is 0 Å². The molecule has 0 unspecified atom stereocenters. The van der Waals surface area contributed by atoms with Crippen molar-refractivity contribution in [3.63, 3.8) is 0 Å². The summed E-state index contributed by atoms with van der Waals surface area (Å²) < 4.78 is 2.17. The molecular formula is C16H21NO2. The van der Waals surface area contributed by atoms with Crippen LogP contribution in [0, 0.1) is 13.8 Å². The Hall–Kier alpha value is -1.77. The van der Waals surface area contributed by atoms with Gasteiger partial charge >= 0.3 is 5.97 Å². The average Bonchev–Trinajstić information content (AvgIpc) is 2.53. The molecule has 19 heavy (non-hydrogen) atoms. The van der Waals surface area contributed by atoms with E-state index in [1.807, 2.05) is 13.8 Å². The van der Waals surface area contributed by atoms with E-state index >= 15 is 0 Å². The molecule has 0 aliphatic heterocycles. The number of nitrogens with zero attached hydrogens (tertiary/aromatic N) is 1. The summed E-state index contributed by atoms with van der Waals surface area (Å²) in [7, 11) is 2.05. The third kappa shape index (κ3) is 2.25. The van der Waals surface area contributed by atoms with Gasteiger partial charge in [0.15, 0.2) is 0 Å². The standard InChI is InChI=1S/C16H21NO2/c1-10-11(2)17(5)14-8-12(6-7-13(10)14)16(3,4)9-15(18)19/h6-8H,9H2,1-5H3,(H,18,19). The molecular weight excluding hydrogens is 238 g/mol. The summed E-state index contributed by atoms with van der Waals surface area (Å²) in [6.07, 6.45) is 0.140. The number of hydrogen-bond donors (Lipinski definition) is 1. The molecule has 0 saturated carbocycles. The van der Waals surface area contributed by atoms with Gasteiger partial charge in [-0.15, -0.1) is 0 Å². The number of aromatic nitrogens is 1. The molecule has 1 aromatic heterocycles. The number of carboxylic acid groups (broad SMARTS) is 1. The summed E-state index contributed by atoms with van der Waals surface area (Å²) in [4.78, 5) is 11.0. The maximum Gasteiger partial charge on any atom is 0.304 e. The second-order valence-electron chi connectivity index (χ2n) is 5.96. The van der Waals surface area contributed by atoms with Crippen molar-refractivity contribution in [3.8, 4) is 0 Å². The van der Waals surface area contributed by atoms with E-state index in [0.29, 0.717) is 0 Å². The molecule has 0 bridgehead atoms. The van der Waals surface area contributed by atoms with Gasteiger partial charge in [0, 0.05) is 29.1 Å². The van der Waals surface area contributed by atoms with Crippen molar-refractivity contribution >= 4 is 16.9 Å². The second kappa shape index (κ2) is 4.41. The van der Waals surface area contributed by atoms with Crippen molar-refractivity contribution in [2.45, 2.75) is 39.5 Å². The number of carboxylic acids is 1. The third-order valence-electron chi connectivity index (χ3n) is 4.18. The van der Waals surface area contributed by atoms with Gasteiger partial charge in [-0.2, -0.15) is 0 Å². The predicted octanol–water partition coefficient (Wildman–Crippen LogP) is 3.55. The zero-order valence-corrected chi connectivity index (χ0v) is 12.2. The van der Waals surface area contributed by atoms with E-state index in [4.69, 9.17) is 5.11 Å². The van der Waals surface area contributed by atoms with Gasteiger partial charge in [-0.25, -0.2) is 0 Å². The number of aryl methyl sites for hydroxylation is 2. The minimum Gasteiger partial charge on any atom is -0.481 e. The highest BCUT2D eigenvalue weighted by Gasteiger charge is 2.25. The van der Waals surface area contributed by atoms with Crippen molar-refractivity contribution < 1.29 is 9.90 Å². The first-order chi connectivity index (χ1) is 8.74. The van der Waals surface area contributed by atoms with E-state index in [0.717, 1.165) is 5.56 Å². The van der Waals surface area contributed by atoms with Crippen LogP contribution in [-0.2, 0) is 17.3 Å². The molecule has 1 N–H and O–H groups in total. The Labute approximate surface area is 113 Å². The van der Waals surface area contributed by atoms with Gasteiger partial charge in [0.1, 0.15) is 0 Å². The SMILES string of the molecule is Cc1c(C)n(C)c2cc(C(C)(C)CC(=O)O)ccc12. The summed E-state index contributed by atoms with van der Waals surface area (Å²) in [6, 6.07) is 6.28. The topological polar surface area (TPSA) is 42.2 Å². The molecule has 3 nitrogen and oxygen atoms in total. The van der Waals surface area contributed by atoms with Crippen molar-refractivity contribution in [1.82, 2.24) is 4.57 Å². The summed E-state index contributed by atoms with van der Waals surface area (Å²) >= 11 is 0. The number of aliphatic carboxylic acids is 1.